The van der Waals surface area contributed by atoms with Crippen LogP contribution in [0.1, 0.15) is 23.8 Å². The number of carbonyl (C=O) groups is 1. The number of rotatable bonds is 5. The highest BCUT2D eigenvalue weighted by molar-refractivity contribution is 5.96. The smallest absolute Gasteiger partial charge is 0.232 e. The van der Waals surface area contributed by atoms with Crippen LogP contribution >= 0.6 is 0 Å². The lowest BCUT2D eigenvalue weighted by atomic mass is 10.1. The number of nitrogens with zero attached hydrogens (tertiary/aromatic N) is 3. The van der Waals surface area contributed by atoms with Crippen LogP contribution in [0.2, 0.25) is 0 Å². The minimum absolute atomic E-state index is 0.0635. The highest BCUT2D eigenvalue weighted by atomic mass is 16.5. The normalized spacial score (nSPS) is 16.0. The van der Waals surface area contributed by atoms with Gasteiger partial charge < -0.3 is 14.2 Å². The first-order chi connectivity index (χ1) is 15.2. The van der Waals surface area contributed by atoms with Crippen molar-refractivity contribution in [3.63, 3.8) is 0 Å². The quantitative estimate of drug-likeness (QED) is 0.442. The van der Waals surface area contributed by atoms with Crippen molar-refractivity contribution in [1.82, 2.24) is 10.1 Å². The van der Waals surface area contributed by atoms with E-state index in [1.165, 1.54) is 0 Å². The van der Waals surface area contributed by atoms with Gasteiger partial charge in [0.1, 0.15) is 11.5 Å². The summed E-state index contributed by atoms with van der Waals surface area (Å²) in [6, 6.07) is 25.1. The van der Waals surface area contributed by atoms with E-state index in [1.807, 2.05) is 85.8 Å². The second-order valence-corrected chi connectivity index (χ2v) is 7.64. The molecule has 0 spiro atoms. The molecule has 0 saturated carbocycles. The summed E-state index contributed by atoms with van der Waals surface area (Å²) in [6.45, 7) is 2.56. The van der Waals surface area contributed by atoms with E-state index >= 15 is 0 Å². The fraction of sp³-hybridized carbons (Fsp3) is 0.160. The Hall–Kier alpha value is -3.93. The first-order valence-electron chi connectivity index (χ1n) is 10.2. The first-order valence-corrected chi connectivity index (χ1v) is 10.2. The van der Waals surface area contributed by atoms with Crippen LogP contribution in [-0.2, 0) is 4.79 Å². The molecule has 3 aromatic carbocycles. The number of carbonyl (C=O) groups excluding carboxylic acids is 1. The van der Waals surface area contributed by atoms with Gasteiger partial charge >= 0.3 is 0 Å². The van der Waals surface area contributed by atoms with Gasteiger partial charge in [0, 0.05) is 24.2 Å². The molecule has 4 aromatic rings. The summed E-state index contributed by atoms with van der Waals surface area (Å²) in [7, 11) is 0. The molecule has 6 nitrogen and oxygen atoms in total. The van der Waals surface area contributed by atoms with Gasteiger partial charge in [-0.15, -0.1) is 0 Å². The zero-order valence-corrected chi connectivity index (χ0v) is 17.1. The van der Waals surface area contributed by atoms with Crippen molar-refractivity contribution in [2.45, 2.75) is 19.3 Å². The standard InChI is InChI=1S/C25H21N3O3/c1-17-6-5-9-22(14-17)30-21-12-10-18(11-13-21)24-26-25(31-27-24)19-15-23(29)28(16-19)20-7-3-2-4-8-20/h2-14,19H,15-16H2,1H3/t19-/m0/s1. The van der Waals surface area contributed by atoms with E-state index in [0.29, 0.717) is 24.7 Å². The summed E-state index contributed by atoms with van der Waals surface area (Å²) in [5.74, 6) is 2.47. The van der Waals surface area contributed by atoms with Gasteiger partial charge in [-0.1, -0.05) is 35.5 Å². The molecule has 1 atom stereocenters. The minimum Gasteiger partial charge on any atom is -0.457 e. The average molecular weight is 411 g/mol. The van der Waals surface area contributed by atoms with Gasteiger partial charge in [0.2, 0.25) is 17.6 Å². The summed E-state index contributed by atoms with van der Waals surface area (Å²) >= 11 is 0. The predicted octanol–water partition coefficient (Wildman–Crippen LogP) is 5.36. The van der Waals surface area contributed by atoms with Crippen LogP contribution in [0.4, 0.5) is 5.69 Å². The number of hydrogen-bond donors (Lipinski definition) is 0. The van der Waals surface area contributed by atoms with Crippen molar-refractivity contribution in [3.8, 4) is 22.9 Å². The maximum absolute atomic E-state index is 12.5. The number of benzene rings is 3. The number of amides is 1. The Labute approximate surface area is 180 Å². The van der Waals surface area contributed by atoms with Crippen molar-refractivity contribution in [2.24, 2.45) is 0 Å². The molecule has 0 unspecified atom stereocenters. The lowest BCUT2D eigenvalue weighted by Gasteiger charge is -2.15. The molecular weight excluding hydrogens is 390 g/mol. The van der Waals surface area contributed by atoms with E-state index in [4.69, 9.17) is 9.26 Å². The molecule has 2 heterocycles. The van der Waals surface area contributed by atoms with E-state index < -0.39 is 0 Å². The number of para-hydroxylation sites is 1. The van der Waals surface area contributed by atoms with Crippen LogP contribution in [-0.4, -0.2) is 22.6 Å². The second kappa shape index (κ2) is 8.07. The molecule has 154 valence electrons. The highest BCUT2D eigenvalue weighted by Crippen LogP contribution is 2.32. The van der Waals surface area contributed by atoms with Crippen LogP contribution in [0.5, 0.6) is 11.5 Å². The molecule has 31 heavy (non-hydrogen) atoms. The molecule has 5 rings (SSSR count). The molecule has 1 aromatic heterocycles. The van der Waals surface area contributed by atoms with E-state index in [9.17, 15) is 4.79 Å². The monoisotopic (exact) mass is 411 g/mol. The van der Waals surface area contributed by atoms with Gasteiger partial charge in [0.05, 0.1) is 5.92 Å². The van der Waals surface area contributed by atoms with Crippen LogP contribution < -0.4 is 9.64 Å². The third-order valence-corrected chi connectivity index (χ3v) is 5.32. The van der Waals surface area contributed by atoms with Crippen LogP contribution in [0.25, 0.3) is 11.4 Å². The largest absolute Gasteiger partial charge is 0.457 e. The molecule has 0 aliphatic carbocycles. The predicted molar refractivity (Wildman–Crippen MR) is 117 cm³/mol. The zero-order chi connectivity index (χ0) is 21.2. The number of anilines is 1. The Bertz CT molecular complexity index is 1200. The molecule has 1 fully saturated rings. The number of hydrogen-bond acceptors (Lipinski definition) is 5. The Morgan fingerprint density at radius 2 is 1.77 bits per heavy atom. The van der Waals surface area contributed by atoms with Crippen molar-refractivity contribution >= 4 is 11.6 Å². The maximum Gasteiger partial charge on any atom is 0.232 e. The van der Waals surface area contributed by atoms with Crippen LogP contribution in [0.3, 0.4) is 0 Å². The van der Waals surface area contributed by atoms with Crippen molar-refractivity contribution in [3.05, 3.63) is 90.3 Å². The fourth-order valence-electron chi connectivity index (χ4n) is 3.74. The van der Waals surface area contributed by atoms with Gasteiger partial charge in [-0.05, 0) is 61.0 Å². The first kappa shape index (κ1) is 19.1. The third kappa shape index (κ3) is 4.05. The van der Waals surface area contributed by atoms with Crippen molar-refractivity contribution < 1.29 is 14.1 Å². The van der Waals surface area contributed by atoms with Crippen LogP contribution in [0.15, 0.2) is 83.4 Å². The Kier molecular flexibility index (Phi) is 4.96. The SMILES string of the molecule is Cc1cccc(Oc2ccc(-c3noc([C@H]4CC(=O)N(c5ccccc5)C4)n3)cc2)c1. The molecular formula is C25H21N3O3. The molecule has 1 aliphatic heterocycles. The van der Waals surface area contributed by atoms with Crippen LogP contribution in [0, 0.1) is 6.92 Å². The van der Waals surface area contributed by atoms with E-state index in [0.717, 1.165) is 28.3 Å². The topological polar surface area (TPSA) is 68.5 Å². The summed E-state index contributed by atoms with van der Waals surface area (Å²) in [6.07, 6.45) is 0.361. The second-order valence-electron chi connectivity index (χ2n) is 7.64. The lowest BCUT2D eigenvalue weighted by molar-refractivity contribution is -0.117. The fourth-order valence-corrected chi connectivity index (χ4v) is 3.74. The van der Waals surface area contributed by atoms with Gasteiger partial charge in [-0.2, -0.15) is 4.98 Å². The summed E-state index contributed by atoms with van der Waals surface area (Å²) in [4.78, 5) is 18.8. The van der Waals surface area contributed by atoms with E-state index in [-0.39, 0.29) is 11.8 Å². The summed E-state index contributed by atoms with van der Waals surface area (Å²) in [5.41, 5.74) is 2.86. The minimum atomic E-state index is -0.113. The molecule has 1 saturated heterocycles. The van der Waals surface area contributed by atoms with Gasteiger partial charge in [-0.25, -0.2) is 0 Å². The molecule has 0 bridgehead atoms. The van der Waals surface area contributed by atoms with E-state index in [2.05, 4.69) is 10.1 Å². The summed E-state index contributed by atoms with van der Waals surface area (Å²) < 4.78 is 11.4. The number of ether oxygens (including phenoxy) is 1. The number of aromatic nitrogens is 2. The van der Waals surface area contributed by atoms with Gasteiger partial charge in [-0.3, -0.25) is 4.79 Å². The van der Waals surface area contributed by atoms with Crippen molar-refractivity contribution in [1.29, 1.82) is 0 Å². The molecule has 6 heteroatoms. The Morgan fingerprint density at radius 1 is 0.968 bits per heavy atom. The number of aryl methyl sites for hydroxylation is 1. The molecule has 0 N–H and O–H groups in total. The Balaban J connectivity index is 1.29. The lowest BCUT2D eigenvalue weighted by Crippen LogP contribution is -2.24. The Morgan fingerprint density at radius 3 is 2.55 bits per heavy atom. The molecule has 1 amide bonds. The van der Waals surface area contributed by atoms with Gasteiger partial charge in [0.15, 0.2) is 0 Å². The van der Waals surface area contributed by atoms with E-state index in [1.54, 1.807) is 4.90 Å². The zero-order valence-electron chi connectivity index (χ0n) is 17.1. The highest BCUT2D eigenvalue weighted by Gasteiger charge is 2.35. The average Bonchev–Trinajstić information content (AvgIpc) is 3.42. The maximum atomic E-state index is 12.5. The third-order valence-electron chi connectivity index (χ3n) is 5.32. The molecule has 1 aliphatic rings. The van der Waals surface area contributed by atoms with Crippen molar-refractivity contribution in [2.75, 3.05) is 11.4 Å². The van der Waals surface area contributed by atoms with Gasteiger partial charge in [0.25, 0.3) is 0 Å². The summed E-state index contributed by atoms with van der Waals surface area (Å²) in [5, 5.41) is 4.12. The molecule has 0 radical (unpaired) electrons.